The number of amides is 3. The summed E-state index contributed by atoms with van der Waals surface area (Å²) in [6, 6.07) is 30.9. The summed E-state index contributed by atoms with van der Waals surface area (Å²) >= 11 is 0. The Balaban J connectivity index is 0.000000429. The topological polar surface area (TPSA) is 122 Å². The van der Waals surface area contributed by atoms with Crippen molar-refractivity contribution >= 4 is 63.2 Å². The van der Waals surface area contributed by atoms with Crippen LogP contribution in [0.4, 0.5) is 18.4 Å². The van der Waals surface area contributed by atoms with Crippen molar-refractivity contribution in [3.63, 3.8) is 0 Å². The third kappa shape index (κ3) is 15.7. The summed E-state index contributed by atoms with van der Waals surface area (Å²) in [5.74, 6) is -1.63. The number of cyclic esters (lactones) is 2. The average Bonchev–Trinajstić information content (AvgIpc) is 3.76. The minimum Gasteiger partial charge on any atom is -0.481 e. The Labute approximate surface area is 328 Å². The molecule has 2 N–H and O–H groups in total. The number of benzene rings is 4. The first-order valence-corrected chi connectivity index (χ1v) is 16.3. The normalized spacial score (nSPS) is 15.5. The number of imide groups is 1. The first-order chi connectivity index (χ1) is 24.7. The fourth-order valence-corrected chi connectivity index (χ4v) is 4.99. The molecule has 2 heterocycles. The van der Waals surface area contributed by atoms with Gasteiger partial charge in [-0.3, -0.25) is 9.59 Å². The maximum absolute atomic E-state index is 12.8. The van der Waals surface area contributed by atoms with Crippen LogP contribution in [0, 0.1) is 11.6 Å². The number of nitrogens with zero attached hydrogens (tertiary/aromatic N) is 1. The van der Waals surface area contributed by atoms with Gasteiger partial charge in [0.15, 0.2) is 0 Å². The summed E-state index contributed by atoms with van der Waals surface area (Å²) in [6.07, 6.45) is 7.59. The van der Waals surface area contributed by atoms with E-state index in [1.165, 1.54) is 29.2 Å². The molecule has 0 radical (unpaired) electrons. The van der Waals surface area contributed by atoms with Crippen LogP contribution in [-0.2, 0) is 19.1 Å². The highest BCUT2D eigenvalue weighted by molar-refractivity contribution is 7.59. The van der Waals surface area contributed by atoms with Gasteiger partial charge in [-0.05, 0) is 59.4 Å². The van der Waals surface area contributed by atoms with E-state index in [0.717, 1.165) is 22.3 Å². The van der Waals surface area contributed by atoms with Crippen LogP contribution in [0.25, 0.3) is 12.2 Å². The molecule has 288 valence electrons. The van der Waals surface area contributed by atoms with E-state index in [-0.39, 0.29) is 89.6 Å². The first kappa shape index (κ1) is 46.6. The number of allylic oxidation sites excluding steroid dienone is 2. The van der Waals surface area contributed by atoms with Crippen molar-refractivity contribution < 1.29 is 42.5 Å². The standard InChI is InChI=1S/C20H18FNO3.C11H11FO2.C9H9NO2.CH4.2H2S/c21-17-12-10-15(11-13-17)6-4-5-9-19(23)22-18(14-25-20(22)24)16-7-2-1-3-8-16;12-10-7-5-9(6-8-10)3-1-2-4-11(13)14;11-9-10-8(6-12-9)7-4-2-1-3-5-7;;;/h1-4,6-8,10-13,18H,5,9,14H2;1,3,5-8H,2,4H2,(H,13,14);1-5,8H,6H2,(H,10,11);1H4;2*1H2/b6-4-;3-1-;;;;/t18-;;8-;;;/m1.1.../s1. The van der Waals surface area contributed by atoms with E-state index in [1.54, 1.807) is 36.4 Å². The van der Waals surface area contributed by atoms with Crippen LogP contribution in [0.2, 0.25) is 0 Å². The lowest BCUT2D eigenvalue weighted by Crippen LogP contribution is -2.33. The molecule has 2 aliphatic rings. The van der Waals surface area contributed by atoms with Crippen molar-refractivity contribution in [2.24, 2.45) is 0 Å². The van der Waals surface area contributed by atoms with Gasteiger partial charge in [-0.25, -0.2) is 23.3 Å². The summed E-state index contributed by atoms with van der Waals surface area (Å²) in [5, 5.41) is 11.1. The molecule has 13 heteroatoms. The largest absolute Gasteiger partial charge is 0.481 e. The predicted octanol–water partition coefficient (Wildman–Crippen LogP) is 9.37. The Morgan fingerprint density at radius 2 is 1.19 bits per heavy atom. The monoisotopic (exact) mass is 780 g/mol. The number of carboxylic acids is 1. The quantitative estimate of drug-likeness (QED) is 0.165. The first-order valence-electron chi connectivity index (χ1n) is 16.3. The molecule has 4 aromatic rings. The lowest BCUT2D eigenvalue weighted by atomic mass is 10.1. The highest BCUT2D eigenvalue weighted by atomic mass is 32.1. The van der Waals surface area contributed by atoms with Gasteiger partial charge in [0.25, 0.3) is 0 Å². The van der Waals surface area contributed by atoms with E-state index in [4.69, 9.17) is 14.6 Å². The molecule has 2 saturated heterocycles. The van der Waals surface area contributed by atoms with Crippen LogP contribution in [0.15, 0.2) is 121 Å². The van der Waals surface area contributed by atoms with Crippen LogP contribution >= 0.6 is 27.0 Å². The second-order valence-corrected chi connectivity index (χ2v) is 11.4. The SMILES string of the molecule is C.O=C(CC/C=C\c1ccc(F)cc1)N1C(=O)OC[C@@H]1c1ccccc1.O=C(O)CC/C=C\c1ccc(F)cc1.O=C1N[C@@H](c2ccccc2)CO1.S.S. The zero-order valence-electron chi connectivity index (χ0n) is 28.7. The van der Waals surface area contributed by atoms with E-state index in [2.05, 4.69) is 5.32 Å². The average molecular weight is 781 g/mol. The maximum Gasteiger partial charge on any atom is 0.417 e. The van der Waals surface area contributed by atoms with Crippen LogP contribution < -0.4 is 5.32 Å². The number of alkyl carbamates (subject to hydrolysis) is 1. The number of carboxylic acid groups (broad SMARTS) is 1. The van der Waals surface area contributed by atoms with Gasteiger partial charge < -0.3 is 19.9 Å². The van der Waals surface area contributed by atoms with Gasteiger partial charge in [0.2, 0.25) is 5.91 Å². The molecular formula is C41H46F2N2O7S2. The van der Waals surface area contributed by atoms with Gasteiger partial charge in [-0.1, -0.05) is 117 Å². The highest BCUT2D eigenvalue weighted by Crippen LogP contribution is 2.28. The summed E-state index contributed by atoms with van der Waals surface area (Å²) in [5.41, 5.74) is 3.69. The van der Waals surface area contributed by atoms with E-state index in [0.29, 0.717) is 19.4 Å². The highest BCUT2D eigenvalue weighted by Gasteiger charge is 2.38. The predicted molar refractivity (Wildman–Crippen MR) is 216 cm³/mol. The van der Waals surface area contributed by atoms with Gasteiger partial charge in [-0.2, -0.15) is 27.0 Å². The number of hydrogen-bond donors (Lipinski definition) is 2. The van der Waals surface area contributed by atoms with E-state index in [9.17, 15) is 28.0 Å². The zero-order valence-corrected chi connectivity index (χ0v) is 30.7. The number of nitrogens with one attached hydrogen (secondary N) is 1. The second-order valence-electron chi connectivity index (χ2n) is 11.4. The van der Waals surface area contributed by atoms with Crippen molar-refractivity contribution in [3.05, 3.63) is 155 Å². The third-order valence-corrected chi connectivity index (χ3v) is 7.61. The summed E-state index contributed by atoms with van der Waals surface area (Å²) < 4.78 is 35.2. The number of ether oxygens (including phenoxy) is 2. The molecule has 0 unspecified atom stereocenters. The van der Waals surface area contributed by atoms with Gasteiger partial charge >= 0.3 is 18.2 Å². The lowest BCUT2D eigenvalue weighted by molar-refractivity contribution is -0.137. The Morgan fingerprint density at radius 3 is 1.65 bits per heavy atom. The van der Waals surface area contributed by atoms with Crippen molar-refractivity contribution in [1.82, 2.24) is 10.2 Å². The molecule has 0 saturated carbocycles. The lowest BCUT2D eigenvalue weighted by Gasteiger charge is -2.19. The Kier molecular flexibility index (Phi) is 21.4. The smallest absolute Gasteiger partial charge is 0.417 e. The fraction of sp³-hybridized carbons (Fsp3) is 0.220. The minimum absolute atomic E-state index is 0. The Hall–Kier alpha value is -5.40. The molecule has 0 aromatic heterocycles. The number of halogens is 2. The van der Waals surface area contributed by atoms with Crippen molar-refractivity contribution in [3.8, 4) is 0 Å². The van der Waals surface area contributed by atoms with Gasteiger partial charge in [0.1, 0.15) is 30.9 Å². The minimum atomic E-state index is -0.811. The molecule has 2 fully saturated rings. The molecule has 9 nitrogen and oxygen atoms in total. The third-order valence-electron chi connectivity index (χ3n) is 7.61. The maximum atomic E-state index is 12.8. The van der Waals surface area contributed by atoms with Crippen LogP contribution in [0.5, 0.6) is 0 Å². The molecule has 54 heavy (non-hydrogen) atoms. The zero-order chi connectivity index (χ0) is 36.4. The molecule has 2 aliphatic heterocycles. The molecule has 4 aromatic carbocycles. The van der Waals surface area contributed by atoms with Gasteiger partial charge in [0, 0.05) is 12.8 Å². The number of carbonyl (C=O) groups is 4. The van der Waals surface area contributed by atoms with Crippen LogP contribution in [0.3, 0.4) is 0 Å². The van der Waals surface area contributed by atoms with E-state index < -0.39 is 12.1 Å². The summed E-state index contributed by atoms with van der Waals surface area (Å²) in [6.45, 7) is 0.614. The summed E-state index contributed by atoms with van der Waals surface area (Å²) in [4.78, 5) is 46.4. The molecular weight excluding hydrogens is 735 g/mol. The van der Waals surface area contributed by atoms with Crippen molar-refractivity contribution in [1.29, 1.82) is 0 Å². The molecule has 0 spiro atoms. The molecule has 0 aliphatic carbocycles. The molecule has 2 atom stereocenters. The van der Waals surface area contributed by atoms with Crippen molar-refractivity contribution in [2.75, 3.05) is 13.2 Å². The number of carbonyl (C=O) groups excluding carboxylic acids is 3. The summed E-state index contributed by atoms with van der Waals surface area (Å²) in [7, 11) is 0. The Morgan fingerprint density at radius 1 is 0.704 bits per heavy atom. The van der Waals surface area contributed by atoms with Crippen molar-refractivity contribution in [2.45, 2.75) is 45.2 Å². The van der Waals surface area contributed by atoms with E-state index in [1.807, 2.05) is 72.8 Å². The number of aliphatic carboxylic acids is 1. The molecule has 0 bridgehead atoms. The molecule has 6 rings (SSSR count). The second kappa shape index (κ2) is 24.8. The Bertz CT molecular complexity index is 1790. The van der Waals surface area contributed by atoms with Crippen LogP contribution in [-0.4, -0.2) is 47.3 Å². The van der Waals surface area contributed by atoms with Crippen LogP contribution in [0.1, 0.15) is 67.4 Å². The van der Waals surface area contributed by atoms with Gasteiger partial charge in [0.05, 0.1) is 6.04 Å². The molecule has 3 amide bonds. The fourth-order valence-electron chi connectivity index (χ4n) is 4.99. The van der Waals surface area contributed by atoms with Gasteiger partial charge in [-0.15, -0.1) is 0 Å². The number of hydrogen-bond acceptors (Lipinski definition) is 6. The number of rotatable bonds is 10. The van der Waals surface area contributed by atoms with E-state index >= 15 is 0 Å².